The van der Waals surface area contributed by atoms with Gasteiger partial charge in [0, 0.05) is 18.9 Å². The predicted octanol–water partition coefficient (Wildman–Crippen LogP) is 3.30. The maximum Gasteiger partial charge on any atom is 0.407 e. The highest BCUT2D eigenvalue weighted by Crippen LogP contribution is 2.44. The van der Waals surface area contributed by atoms with Crippen LogP contribution in [0.1, 0.15) is 43.2 Å². The number of aliphatic carboxylic acids is 1. The molecule has 2 aromatic rings. The summed E-state index contributed by atoms with van der Waals surface area (Å²) in [5.74, 6) is -1.42. The lowest BCUT2D eigenvalue weighted by molar-refractivity contribution is -0.142. The van der Waals surface area contributed by atoms with Crippen molar-refractivity contribution >= 4 is 18.0 Å². The molecule has 1 aliphatic carbocycles. The summed E-state index contributed by atoms with van der Waals surface area (Å²) in [6.45, 7) is 2.69. The minimum absolute atomic E-state index is 0.000231. The van der Waals surface area contributed by atoms with Gasteiger partial charge in [-0.3, -0.25) is 4.79 Å². The van der Waals surface area contributed by atoms with Gasteiger partial charge in [-0.2, -0.15) is 0 Å². The summed E-state index contributed by atoms with van der Waals surface area (Å²) in [5.41, 5.74) is 4.64. The molecule has 0 fully saturated rings. The number of carbonyl (C=O) groups excluding carboxylic acids is 2. The van der Waals surface area contributed by atoms with E-state index in [1.807, 2.05) is 31.2 Å². The second kappa shape index (κ2) is 12.0. The molecule has 1 atom stereocenters. The van der Waals surface area contributed by atoms with E-state index in [1.54, 1.807) is 0 Å². The highest BCUT2D eigenvalue weighted by atomic mass is 16.5. The van der Waals surface area contributed by atoms with Crippen LogP contribution in [0, 0.1) is 0 Å². The number of amides is 2. The quantitative estimate of drug-likeness (QED) is 0.424. The molecule has 3 rings (SSSR count). The van der Waals surface area contributed by atoms with Gasteiger partial charge in [0.15, 0.2) is 0 Å². The molecule has 176 valence electrons. The van der Waals surface area contributed by atoms with Crippen molar-refractivity contribution in [3.63, 3.8) is 0 Å². The zero-order valence-electron chi connectivity index (χ0n) is 18.7. The molecular formula is C25H30N2O6. The highest BCUT2D eigenvalue weighted by molar-refractivity contribution is 5.83. The van der Waals surface area contributed by atoms with E-state index in [9.17, 15) is 14.4 Å². The molecule has 0 radical (unpaired) electrons. The van der Waals surface area contributed by atoms with E-state index < -0.39 is 18.1 Å². The third kappa shape index (κ3) is 6.55. The van der Waals surface area contributed by atoms with Gasteiger partial charge in [-0.15, -0.1) is 0 Å². The van der Waals surface area contributed by atoms with Gasteiger partial charge in [0.1, 0.15) is 12.6 Å². The second-order valence-corrected chi connectivity index (χ2v) is 7.86. The van der Waals surface area contributed by atoms with Gasteiger partial charge in [-0.25, -0.2) is 9.59 Å². The van der Waals surface area contributed by atoms with E-state index in [2.05, 4.69) is 34.9 Å². The van der Waals surface area contributed by atoms with Crippen LogP contribution in [-0.2, 0) is 19.1 Å². The normalized spacial score (nSPS) is 13.0. The Morgan fingerprint density at radius 1 is 1.00 bits per heavy atom. The Bertz CT molecular complexity index is 931. The molecule has 0 spiro atoms. The molecule has 0 bridgehead atoms. The Kier molecular flexibility index (Phi) is 8.83. The molecule has 8 nitrogen and oxygen atoms in total. The van der Waals surface area contributed by atoms with Gasteiger partial charge >= 0.3 is 12.1 Å². The fraction of sp³-hybridized carbons (Fsp3) is 0.400. The van der Waals surface area contributed by atoms with Crippen LogP contribution in [0.25, 0.3) is 11.1 Å². The summed E-state index contributed by atoms with van der Waals surface area (Å²) in [5, 5.41) is 14.2. The monoisotopic (exact) mass is 454 g/mol. The molecule has 0 unspecified atom stereocenters. The topological polar surface area (TPSA) is 114 Å². The van der Waals surface area contributed by atoms with Gasteiger partial charge in [-0.05, 0) is 28.7 Å². The number of hydrogen-bond acceptors (Lipinski definition) is 5. The van der Waals surface area contributed by atoms with E-state index in [-0.39, 0.29) is 44.6 Å². The van der Waals surface area contributed by atoms with Crippen LogP contribution in [-0.4, -0.2) is 55.5 Å². The summed E-state index contributed by atoms with van der Waals surface area (Å²) in [6, 6.07) is 15.4. The van der Waals surface area contributed by atoms with Crippen LogP contribution in [0.15, 0.2) is 48.5 Å². The molecule has 0 saturated carbocycles. The highest BCUT2D eigenvalue weighted by Gasteiger charge is 2.28. The minimum atomic E-state index is -1.04. The van der Waals surface area contributed by atoms with Crippen molar-refractivity contribution in [2.45, 2.75) is 38.1 Å². The van der Waals surface area contributed by atoms with Crippen molar-refractivity contribution in [3.05, 3.63) is 59.7 Å². The number of hydrogen-bond donors (Lipinski definition) is 3. The van der Waals surface area contributed by atoms with Crippen molar-refractivity contribution in [2.75, 3.05) is 26.4 Å². The molecule has 2 amide bonds. The van der Waals surface area contributed by atoms with Crippen LogP contribution in [0.5, 0.6) is 0 Å². The lowest BCUT2D eigenvalue weighted by atomic mass is 9.98. The first kappa shape index (κ1) is 24.3. The Morgan fingerprint density at radius 2 is 1.64 bits per heavy atom. The molecule has 33 heavy (non-hydrogen) atoms. The molecule has 0 aromatic heterocycles. The second-order valence-electron chi connectivity index (χ2n) is 7.86. The first-order valence-corrected chi connectivity index (χ1v) is 11.2. The average Bonchev–Trinajstić information content (AvgIpc) is 3.13. The fourth-order valence-corrected chi connectivity index (χ4v) is 3.95. The zero-order chi connectivity index (χ0) is 23.6. The predicted molar refractivity (Wildman–Crippen MR) is 123 cm³/mol. The Labute approximate surface area is 193 Å². The van der Waals surface area contributed by atoms with E-state index in [1.165, 1.54) is 11.1 Å². The van der Waals surface area contributed by atoms with Crippen molar-refractivity contribution in [1.82, 2.24) is 10.6 Å². The standard InChI is InChI=1S/C25H30N2O6/c1-2-7-22(24(29)30)27-23(28)12-14-32-15-13-26-25(31)33-16-21-19-10-5-3-8-17(19)18-9-4-6-11-20(18)21/h3-6,8-11,21-22H,2,7,12-16H2,1H3,(H,26,31)(H,27,28)(H,29,30)/t22-/m0/s1. The number of fused-ring (bicyclic) bond motifs is 3. The number of benzene rings is 2. The van der Waals surface area contributed by atoms with Gasteiger partial charge in [0.25, 0.3) is 0 Å². The number of alkyl carbamates (subject to hydrolysis) is 1. The molecule has 2 aromatic carbocycles. The van der Waals surface area contributed by atoms with E-state index in [0.717, 1.165) is 11.1 Å². The number of rotatable bonds is 12. The van der Waals surface area contributed by atoms with E-state index in [4.69, 9.17) is 14.6 Å². The van der Waals surface area contributed by atoms with Gasteiger partial charge in [-0.1, -0.05) is 61.9 Å². The molecular weight excluding hydrogens is 424 g/mol. The molecule has 0 aliphatic heterocycles. The third-order valence-corrected chi connectivity index (χ3v) is 5.54. The SMILES string of the molecule is CCC[C@H](NC(=O)CCOCCNC(=O)OCC1c2ccccc2-c2ccccc21)C(=O)O. The Balaban J connectivity index is 1.33. The number of carboxylic acids is 1. The first-order chi connectivity index (χ1) is 16.0. The van der Waals surface area contributed by atoms with E-state index in [0.29, 0.717) is 12.8 Å². The molecule has 8 heteroatoms. The van der Waals surface area contributed by atoms with Crippen molar-refractivity contribution in [2.24, 2.45) is 0 Å². The molecule has 1 aliphatic rings. The maximum atomic E-state index is 12.1. The summed E-state index contributed by atoms with van der Waals surface area (Å²) < 4.78 is 10.8. The van der Waals surface area contributed by atoms with Crippen LogP contribution < -0.4 is 10.6 Å². The smallest absolute Gasteiger partial charge is 0.407 e. The molecule has 3 N–H and O–H groups in total. The van der Waals surface area contributed by atoms with Gasteiger partial charge < -0.3 is 25.2 Å². The van der Waals surface area contributed by atoms with Crippen LogP contribution in [0.3, 0.4) is 0 Å². The molecule has 0 heterocycles. The van der Waals surface area contributed by atoms with Gasteiger partial charge in [0.2, 0.25) is 5.91 Å². The third-order valence-electron chi connectivity index (χ3n) is 5.54. The summed E-state index contributed by atoms with van der Waals surface area (Å²) in [6.07, 6.45) is 0.571. The number of ether oxygens (including phenoxy) is 2. The minimum Gasteiger partial charge on any atom is -0.480 e. The fourth-order valence-electron chi connectivity index (χ4n) is 3.95. The largest absolute Gasteiger partial charge is 0.480 e. The Hall–Kier alpha value is -3.39. The van der Waals surface area contributed by atoms with E-state index >= 15 is 0 Å². The van der Waals surface area contributed by atoms with Crippen LogP contribution in [0.2, 0.25) is 0 Å². The number of nitrogens with one attached hydrogen (secondary N) is 2. The summed E-state index contributed by atoms with van der Waals surface area (Å²) >= 11 is 0. The van der Waals surface area contributed by atoms with Crippen molar-refractivity contribution < 1.29 is 29.0 Å². The van der Waals surface area contributed by atoms with Crippen LogP contribution >= 0.6 is 0 Å². The number of carbonyl (C=O) groups is 3. The lowest BCUT2D eigenvalue weighted by Crippen LogP contribution is -2.41. The summed E-state index contributed by atoms with van der Waals surface area (Å²) in [7, 11) is 0. The van der Waals surface area contributed by atoms with Crippen molar-refractivity contribution in [3.8, 4) is 11.1 Å². The zero-order valence-corrected chi connectivity index (χ0v) is 18.7. The van der Waals surface area contributed by atoms with Crippen molar-refractivity contribution in [1.29, 1.82) is 0 Å². The lowest BCUT2D eigenvalue weighted by Gasteiger charge is -2.15. The molecule has 0 saturated heterocycles. The maximum absolute atomic E-state index is 12.1. The van der Waals surface area contributed by atoms with Gasteiger partial charge in [0.05, 0.1) is 13.2 Å². The number of carboxylic acid groups (broad SMARTS) is 1. The Morgan fingerprint density at radius 3 is 2.24 bits per heavy atom. The van der Waals surface area contributed by atoms with Crippen LogP contribution in [0.4, 0.5) is 4.79 Å². The summed E-state index contributed by atoms with van der Waals surface area (Å²) in [4.78, 5) is 35.0. The average molecular weight is 455 g/mol. The first-order valence-electron chi connectivity index (χ1n) is 11.2.